The molecule has 4 aromatic carbocycles. The molecule has 0 saturated carbocycles. The van der Waals surface area contributed by atoms with Gasteiger partial charge in [0.1, 0.15) is 11.4 Å². The number of hydrogen-bond acceptors (Lipinski definition) is 9. The summed E-state index contributed by atoms with van der Waals surface area (Å²) in [6.07, 6.45) is 0. The summed E-state index contributed by atoms with van der Waals surface area (Å²) >= 11 is 0. The number of likely N-dealkylation sites (N-methyl/N-ethyl adjacent to an activating group) is 1. The summed E-state index contributed by atoms with van der Waals surface area (Å²) in [7, 11) is 2.12. The molecule has 3 aliphatic heterocycles. The average Bonchev–Trinajstić information content (AvgIpc) is 3.88. The highest BCUT2D eigenvalue weighted by molar-refractivity contribution is 6.57. The van der Waals surface area contributed by atoms with Gasteiger partial charge in [0.25, 0.3) is 0 Å². The maximum absolute atomic E-state index is 13.0. The fraction of sp³-hybridized carbons (Fsp3) is 0.256. The molecule has 1 saturated heterocycles. The van der Waals surface area contributed by atoms with Crippen LogP contribution in [0.4, 0.5) is 11.4 Å². The molecule has 54 heavy (non-hydrogen) atoms. The number of Topliss-reactive ketones (excluding diaryl/α,β-unsaturated/α-hetero) is 2. The van der Waals surface area contributed by atoms with Crippen molar-refractivity contribution in [1.29, 1.82) is 0 Å². The van der Waals surface area contributed by atoms with Gasteiger partial charge in [-0.1, -0.05) is 74.5 Å². The first-order valence-electron chi connectivity index (χ1n) is 18.5. The zero-order valence-electron chi connectivity index (χ0n) is 30.7. The van der Waals surface area contributed by atoms with Crippen molar-refractivity contribution >= 4 is 56.2 Å². The van der Waals surface area contributed by atoms with Crippen molar-refractivity contribution in [3.8, 4) is 11.8 Å². The number of aromatic hydroxyl groups is 2. The van der Waals surface area contributed by atoms with Crippen molar-refractivity contribution in [3.63, 3.8) is 0 Å². The first kappa shape index (κ1) is 35.2. The second kappa shape index (κ2) is 14.5. The zero-order valence-corrected chi connectivity index (χ0v) is 30.7. The van der Waals surface area contributed by atoms with E-state index in [2.05, 4.69) is 45.6 Å². The molecule has 0 aliphatic carbocycles. The van der Waals surface area contributed by atoms with Gasteiger partial charge >= 0.3 is 0 Å². The second-order valence-corrected chi connectivity index (χ2v) is 13.9. The smallest absolute Gasteiger partial charge is 0.214 e. The molecule has 0 radical (unpaired) electrons. The number of hydrogen-bond donors (Lipinski definition) is 2. The fourth-order valence-electron chi connectivity index (χ4n) is 7.61. The Morgan fingerprint density at radius 2 is 1.06 bits per heavy atom. The highest BCUT2D eigenvalue weighted by Gasteiger charge is 2.33. The Morgan fingerprint density at radius 1 is 0.611 bits per heavy atom. The van der Waals surface area contributed by atoms with Crippen LogP contribution in [0.5, 0.6) is 11.8 Å². The van der Waals surface area contributed by atoms with Gasteiger partial charge in [0.15, 0.2) is 0 Å². The van der Waals surface area contributed by atoms with Crippen LogP contribution in [0, 0.1) is 0 Å². The number of benzene rings is 4. The van der Waals surface area contributed by atoms with Gasteiger partial charge in [0.05, 0.1) is 46.9 Å². The number of carbonyl (C=O) groups is 2. The predicted molar refractivity (Wildman–Crippen MR) is 213 cm³/mol. The largest absolute Gasteiger partial charge is 0.494 e. The lowest BCUT2D eigenvalue weighted by Gasteiger charge is -2.32. The van der Waals surface area contributed by atoms with Gasteiger partial charge in [0, 0.05) is 48.1 Å². The van der Waals surface area contributed by atoms with Crippen molar-refractivity contribution in [2.24, 2.45) is 9.98 Å². The third-order valence-corrected chi connectivity index (χ3v) is 10.7. The van der Waals surface area contributed by atoms with Gasteiger partial charge in [0.2, 0.25) is 23.3 Å². The molecule has 6 aromatic rings. The van der Waals surface area contributed by atoms with Crippen LogP contribution in [0.3, 0.4) is 0 Å². The van der Waals surface area contributed by atoms with E-state index in [9.17, 15) is 19.8 Å². The van der Waals surface area contributed by atoms with Crippen LogP contribution in [0.15, 0.2) is 107 Å². The van der Waals surface area contributed by atoms with Crippen LogP contribution in [-0.4, -0.2) is 103 Å². The van der Waals surface area contributed by atoms with Crippen LogP contribution < -0.4 is 0 Å². The number of para-hydroxylation sites is 4. The lowest BCUT2D eigenvalue weighted by atomic mass is 10.0. The van der Waals surface area contributed by atoms with E-state index in [0.717, 1.165) is 61.1 Å². The number of ketones is 2. The molecule has 0 atom stereocenters. The summed E-state index contributed by atoms with van der Waals surface area (Å²) in [5.74, 6) is -0.0620. The summed E-state index contributed by atoms with van der Waals surface area (Å²) < 4.78 is 3.76. The number of nitrogens with zero attached hydrogens (tertiary/aromatic N) is 7. The Labute approximate surface area is 313 Å². The van der Waals surface area contributed by atoms with Gasteiger partial charge in [-0.15, -0.1) is 0 Å². The highest BCUT2D eigenvalue weighted by atomic mass is 16.3. The highest BCUT2D eigenvalue weighted by Crippen LogP contribution is 2.39. The van der Waals surface area contributed by atoms with Crippen molar-refractivity contribution in [3.05, 3.63) is 119 Å². The van der Waals surface area contributed by atoms with Gasteiger partial charge in [-0.25, -0.2) is 9.98 Å². The minimum atomic E-state index is -0.137. The number of carbonyl (C=O) groups excluding carboxylic acids is 2. The van der Waals surface area contributed by atoms with E-state index in [-0.39, 0.29) is 23.3 Å². The quantitative estimate of drug-likeness (QED) is 0.177. The SMILES string of the molecule is CCN(CC)Cn1c(O)c(C2=Nc3ccccc3C2=O)c2ccccc21.CN1CCN(Cn2c(O)c(C3=Nc4ccccc4C3=O)c3ccccc32)CC1. The molecule has 2 N–H and O–H groups in total. The maximum Gasteiger partial charge on any atom is 0.214 e. The minimum Gasteiger partial charge on any atom is -0.494 e. The Hall–Kier alpha value is -5.88. The molecule has 3 aliphatic rings. The Bertz CT molecular complexity index is 2480. The lowest BCUT2D eigenvalue weighted by molar-refractivity contribution is 0.106. The molecule has 11 nitrogen and oxygen atoms in total. The Kier molecular flexibility index (Phi) is 9.45. The third kappa shape index (κ3) is 6.09. The molecule has 11 heteroatoms. The molecular weight excluding hydrogens is 679 g/mol. The van der Waals surface area contributed by atoms with Crippen LogP contribution in [0.25, 0.3) is 21.8 Å². The summed E-state index contributed by atoms with van der Waals surface area (Å²) in [6.45, 7) is 11.0. The van der Waals surface area contributed by atoms with E-state index >= 15 is 0 Å². The molecule has 0 unspecified atom stereocenters. The molecule has 0 spiro atoms. The molecule has 2 aromatic heterocycles. The Morgan fingerprint density at radius 3 is 1.56 bits per heavy atom. The first-order valence-corrected chi connectivity index (χ1v) is 18.5. The minimum absolute atomic E-state index is 0.0954. The first-order chi connectivity index (χ1) is 26.3. The number of fused-ring (bicyclic) bond motifs is 4. The topological polar surface area (TPSA) is 119 Å². The van der Waals surface area contributed by atoms with Crippen LogP contribution in [-0.2, 0) is 13.3 Å². The number of aliphatic imine (C=N–C) groups is 2. The zero-order chi connectivity index (χ0) is 37.5. The third-order valence-electron chi connectivity index (χ3n) is 10.7. The summed E-state index contributed by atoms with van der Waals surface area (Å²) in [5.41, 5.74) is 6.02. The summed E-state index contributed by atoms with van der Waals surface area (Å²) in [4.78, 5) is 41.8. The lowest BCUT2D eigenvalue weighted by Crippen LogP contribution is -2.44. The number of aromatic nitrogens is 2. The number of piperazine rings is 1. The van der Waals surface area contributed by atoms with Crippen LogP contribution in [0.2, 0.25) is 0 Å². The predicted octanol–water partition coefficient (Wildman–Crippen LogP) is 6.83. The van der Waals surface area contributed by atoms with Gasteiger partial charge in [-0.3, -0.25) is 28.5 Å². The average molecular weight is 722 g/mol. The molecule has 274 valence electrons. The molecule has 5 heterocycles. The second-order valence-electron chi connectivity index (χ2n) is 13.9. The maximum atomic E-state index is 13.0. The summed E-state index contributed by atoms with van der Waals surface area (Å²) in [5, 5.41) is 23.9. The van der Waals surface area contributed by atoms with Crippen LogP contribution >= 0.6 is 0 Å². The Balaban J connectivity index is 0.000000154. The van der Waals surface area contributed by atoms with E-state index in [1.807, 2.05) is 94.1 Å². The summed E-state index contributed by atoms with van der Waals surface area (Å²) in [6, 6.07) is 30.2. The van der Waals surface area contributed by atoms with Gasteiger partial charge in [-0.2, -0.15) is 0 Å². The van der Waals surface area contributed by atoms with Crippen LogP contribution in [0.1, 0.15) is 45.7 Å². The van der Waals surface area contributed by atoms with Gasteiger partial charge in [-0.05, 0) is 56.5 Å². The molecular formula is C43H43N7O4. The van der Waals surface area contributed by atoms with Crippen molar-refractivity contribution in [2.75, 3.05) is 46.3 Å². The monoisotopic (exact) mass is 721 g/mol. The fourth-order valence-corrected chi connectivity index (χ4v) is 7.61. The standard InChI is InChI=1S/C22H22N4O2.C21H21N3O2/c1-24-10-12-25(13-11-24)14-26-18-9-5-3-7-16(18)19(22(26)28)20-21(27)15-6-2-4-8-17(15)23-20;1-3-23(4-2)13-24-17-12-8-6-10-15(17)18(21(24)26)19-20(25)14-9-5-7-11-16(14)22-19/h2-9,28H,10-14H2,1H3;5-12,26H,3-4,13H2,1-2H3. The molecule has 1 fully saturated rings. The van der Waals surface area contributed by atoms with Crippen molar-refractivity contribution < 1.29 is 19.8 Å². The van der Waals surface area contributed by atoms with E-state index in [1.54, 1.807) is 12.1 Å². The van der Waals surface area contributed by atoms with E-state index in [1.165, 1.54) is 0 Å². The molecule has 9 rings (SSSR count). The number of rotatable bonds is 8. The van der Waals surface area contributed by atoms with E-state index in [4.69, 9.17) is 0 Å². The molecule has 0 bridgehead atoms. The van der Waals surface area contributed by atoms with Crippen molar-refractivity contribution in [2.45, 2.75) is 27.2 Å². The molecule has 0 amide bonds. The van der Waals surface area contributed by atoms with Gasteiger partial charge < -0.3 is 15.1 Å². The van der Waals surface area contributed by atoms with E-state index < -0.39 is 0 Å². The van der Waals surface area contributed by atoms with Crippen molar-refractivity contribution in [1.82, 2.24) is 23.8 Å². The van der Waals surface area contributed by atoms with E-state index in [0.29, 0.717) is 58.4 Å². The normalized spacial score (nSPS) is 15.8.